The van der Waals surface area contributed by atoms with E-state index in [4.69, 9.17) is 22.6 Å². The molecule has 0 unspecified atom stereocenters. The highest BCUT2D eigenvalue weighted by atomic mass is 35.5. The zero-order valence-corrected chi connectivity index (χ0v) is 10.8. The van der Waals surface area contributed by atoms with Crippen LogP contribution in [0, 0.1) is 18.3 Å². The average molecular weight is 264 g/mol. The molecule has 1 heterocycles. The Labute approximate surface area is 108 Å². The van der Waals surface area contributed by atoms with Gasteiger partial charge in [-0.25, -0.2) is 4.98 Å². The molecule has 0 radical (unpaired) electrons. The van der Waals surface area contributed by atoms with E-state index in [1.165, 1.54) is 11.3 Å². The molecule has 0 bridgehead atoms. The number of hydrogen-bond acceptors (Lipinski definition) is 4. The minimum atomic E-state index is 0.554. The van der Waals surface area contributed by atoms with E-state index in [-0.39, 0.29) is 0 Å². The zero-order valence-electron chi connectivity index (χ0n) is 9.20. The molecule has 1 aromatic heterocycles. The number of hydrogen-bond donors (Lipinski definition) is 1. The van der Waals surface area contributed by atoms with Crippen molar-refractivity contribution in [3.8, 4) is 6.07 Å². The first-order valence-electron chi connectivity index (χ1n) is 5.00. The number of anilines is 1. The van der Waals surface area contributed by atoms with Crippen molar-refractivity contribution < 1.29 is 0 Å². The van der Waals surface area contributed by atoms with Gasteiger partial charge >= 0.3 is 0 Å². The molecule has 0 fully saturated rings. The molecule has 2 aromatic rings. The fourth-order valence-electron chi connectivity index (χ4n) is 1.61. The first-order chi connectivity index (χ1) is 8.10. The maximum atomic E-state index is 9.03. The molecule has 5 heteroatoms. The molecule has 2 rings (SSSR count). The zero-order chi connectivity index (χ0) is 12.4. The van der Waals surface area contributed by atoms with Crippen LogP contribution in [-0.2, 0) is 6.42 Å². The molecular formula is C12H10ClN3S. The number of aromatic nitrogens is 1. The number of halogens is 1. The van der Waals surface area contributed by atoms with Gasteiger partial charge in [0.05, 0.1) is 17.3 Å². The molecule has 0 spiro atoms. The van der Waals surface area contributed by atoms with Crippen molar-refractivity contribution in [2.45, 2.75) is 13.3 Å². The number of rotatable bonds is 2. The van der Waals surface area contributed by atoms with Crippen molar-refractivity contribution in [3.05, 3.63) is 44.9 Å². The summed E-state index contributed by atoms with van der Waals surface area (Å²) in [7, 11) is 0. The molecule has 0 saturated heterocycles. The summed E-state index contributed by atoms with van der Waals surface area (Å²) in [4.78, 5) is 5.24. The van der Waals surface area contributed by atoms with E-state index in [0.717, 1.165) is 16.1 Å². The average Bonchev–Trinajstić information content (AvgIpc) is 2.58. The van der Waals surface area contributed by atoms with Crippen molar-refractivity contribution in [2.24, 2.45) is 0 Å². The largest absolute Gasteiger partial charge is 0.375 e. The monoisotopic (exact) mass is 263 g/mol. The number of nitrogens with zero attached hydrogens (tertiary/aromatic N) is 2. The molecule has 17 heavy (non-hydrogen) atoms. The van der Waals surface area contributed by atoms with Crippen LogP contribution in [0.4, 0.5) is 5.13 Å². The van der Waals surface area contributed by atoms with Gasteiger partial charge in [0.15, 0.2) is 5.13 Å². The van der Waals surface area contributed by atoms with Gasteiger partial charge in [-0.1, -0.05) is 11.6 Å². The molecule has 0 atom stereocenters. The lowest BCUT2D eigenvalue weighted by molar-refractivity contribution is 1.14. The summed E-state index contributed by atoms with van der Waals surface area (Å²) >= 11 is 7.39. The van der Waals surface area contributed by atoms with Crippen LogP contribution in [0.5, 0.6) is 0 Å². The third-order valence-electron chi connectivity index (χ3n) is 2.45. The first kappa shape index (κ1) is 11.9. The third-order valence-corrected chi connectivity index (χ3v) is 3.67. The van der Waals surface area contributed by atoms with Crippen LogP contribution in [0.2, 0.25) is 5.02 Å². The van der Waals surface area contributed by atoms with E-state index < -0.39 is 0 Å². The van der Waals surface area contributed by atoms with Crippen LogP contribution in [-0.4, -0.2) is 4.98 Å². The highest BCUT2D eigenvalue weighted by Gasteiger charge is 2.09. The van der Waals surface area contributed by atoms with Gasteiger partial charge in [-0.05, 0) is 30.7 Å². The van der Waals surface area contributed by atoms with Gasteiger partial charge in [-0.2, -0.15) is 5.26 Å². The number of aryl methyl sites for hydroxylation is 1. The van der Waals surface area contributed by atoms with Gasteiger partial charge in [-0.3, -0.25) is 0 Å². The number of benzene rings is 1. The SMILES string of the molecule is Cc1nc(N)sc1Cc1cc(Cl)ccc1C#N. The molecule has 0 saturated carbocycles. The van der Waals surface area contributed by atoms with E-state index >= 15 is 0 Å². The summed E-state index contributed by atoms with van der Waals surface area (Å²) in [5.41, 5.74) is 8.11. The van der Waals surface area contributed by atoms with Crippen molar-refractivity contribution >= 4 is 28.1 Å². The summed E-state index contributed by atoms with van der Waals surface area (Å²) in [5.74, 6) is 0. The van der Waals surface area contributed by atoms with Crippen molar-refractivity contribution in [1.82, 2.24) is 4.98 Å². The minimum Gasteiger partial charge on any atom is -0.375 e. The highest BCUT2D eigenvalue weighted by Crippen LogP contribution is 2.25. The van der Waals surface area contributed by atoms with Gasteiger partial charge < -0.3 is 5.73 Å². The van der Waals surface area contributed by atoms with Gasteiger partial charge in [-0.15, -0.1) is 11.3 Å². The second-order valence-corrected chi connectivity index (χ2v) is 5.20. The summed E-state index contributed by atoms with van der Waals surface area (Å²) in [6.45, 7) is 1.92. The summed E-state index contributed by atoms with van der Waals surface area (Å²) in [6.07, 6.45) is 0.643. The van der Waals surface area contributed by atoms with E-state index in [9.17, 15) is 0 Å². The third kappa shape index (κ3) is 2.57. The Morgan fingerprint density at radius 3 is 2.88 bits per heavy atom. The van der Waals surface area contributed by atoms with Crippen LogP contribution in [0.25, 0.3) is 0 Å². The highest BCUT2D eigenvalue weighted by molar-refractivity contribution is 7.15. The van der Waals surface area contributed by atoms with Crippen LogP contribution < -0.4 is 5.73 Å². The van der Waals surface area contributed by atoms with Crippen molar-refractivity contribution in [1.29, 1.82) is 5.26 Å². The Balaban J connectivity index is 2.39. The van der Waals surface area contributed by atoms with E-state index in [0.29, 0.717) is 22.1 Å². The summed E-state index contributed by atoms with van der Waals surface area (Å²) in [6, 6.07) is 7.43. The lowest BCUT2D eigenvalue weighted by atomic mass is 10.0. The Morgan fingerprint density at radius 1 is 1.53 bits per heavy atom. The van der Waals surface area contributed by atoms with E-state index in [2.05, 4.69) is 11.1 Å². The Morgan fingerprint density at radius 2 is 2.29 bits per heavy atom. The molecular weight excluding hydrogens is 254 g/mol. The Bertz CT molecular complexity index is 598. The fraction of sp³-hybridized carbons (Fsp3) is 0.167. The van der Waals surface area contributed by atoms with Gasteiger partial charge in [0, 0.05) is 16.3 Å². The van der Waals surface area contributed by atoms with Gasteiger partial charge in [0.2, 0.25) is 0 Å². The maximum Gasteiger partial charge on any atom is 0.180 e. The summed E-state index contributed by atoms with van der Waals surface area (Å²) < 4.78 is 0. The molecule has 0 aliphatic rings. The Kier molecular flexibility index (Phi) is 3.32. The molecule has 0 amide bonds. The van der Waals surface area contributed by atoms with Crippen LogP contribution >= 0.6 is 22.9 Å². The molecule has 0 aliphatic carbocycles. The first-order valence-corrected chi connectivity index (χ1v) is 6.20. The van der Waals surface area contributed by atoms with E-state index in [1.54, 1.807) is 12.1 Å². The van der Waals surface area contributed by atoms with Crippen LogP contribution in [0.3, 0.4) is 0 Å². The predicted molar refractivity (Wildman–Crippen MR) is 70.2 cm³/mol. The number of nitrogen functional groups attached to an aromatic ring is 1. The molecule has 3 nitrogen and oxygen atoms in total. The van der Waals surface area contributed by atoms with Crippen LogP contribution in [0.1, 0.15) is 21.7 Å². The van der Waals surface area contributed by atoms with Crippen LogP contribution in [0.15, 0.2) is 18.2 Å². The number of thiazole rings is 1. The second kappa shape index (κ2) is 4.74. The quantitative estimate of drug-likeness (QED) is 0.905. The normalized spacial score (nSPS) is 10.2. The van der Waals surface area contributed by atoms with E-state index in [1.807, 2.05) is 13.0 Å². The number of nitrogens with two attached hydrogens (primary N) is 1. The van der Waals surface area contributed by atoms with Gasteiger partial charge in [0.25, 0.3) is 0 Å². The minimum absolute atomic E-state index is 0.554. The maximum absolute atomic E-state index is 9.03. The number of nitriles is 1. The molecule has 0 aliphatic heterocycles. The summed E-state index contributed by atoms with van der Waals surface area (Å²) in [5, 5.41) is 10.2. The predicted octanol–water partition coefficient (Wildman–Crippen LogP) is 3.15. The topological polar surface area (TPSA) is 62.7 Å². The smallest absolute Gasteiger partial charge is 0.180 e. The second-order valence-electron chi connectivity index (χ2n) is 3.65. The Hall–Kier alpha value is -1.57. The van der Waals surface area contributed by atoms with Gasteiger partial charge in [0.1, 0.15) is 0 Å². The lowest BCUT2D eigenvalue weighted by Crippen LogP contribution is -1.92. The fourth-order valence-corrected chi connectivity index (χ4v) is 2.66. The van der Waals surface area contributed by atoms with Crippen molar-refractivity contribution in [3.63, 3.8) is 0 Å². The van der Waals surface area contributed by atoms with Crippen molar-refractivity contribution in [2.75, 3.05) is 5.73 Å². The molecule has 2 N–H and O–H groups in total. The standard InChI is InChI=1S/C12H10ClN3S/c1-7-11(17-12(15)16-7)5-9-4-10(13)3-2-8(9)6-14/h2-4H,5H2,1H3,(H2,15,16). The molecule has 1 aromatic carbocycles. The lowest BCUT2D eigenvalue weighted by Gasteiger charge is -2.03. The molecule has 86 valence electrons.